The average Bonchev–Trinajstić information content (AvgIpc) is 3.29. The highest BCUT2D eigenvalue weighted by atomic mass is 16.3. The van der Waals surface area contributed by atoms with Crippen molar-refractivity contribution in [2.75, 3.05) is 0 Å². The van der Waals surface area contributed by atoms with Gasteiger partial charge in [0.15, 0.2) is 11.4 Å². The van der Waals surface area contributed by atoms with E-state index in [-0.39, 0.29) is 0 Å². The first-order chi connectivity index (χ1) is 17.3. The fourth-order valence-corrected chi connectivity index (χ4v) is 4.69. The Kier molecular flexibility index (Phi) is 4.46. The van der Waals surface area contributed by atoms with Gasteiger partial charge in [0.1, 0.15) is 16.8 Å². The molecule has 2 heterocycles. The van der Waals surface area contributed by atoms with Gasteiger partial charge < -0.3 is 4.42 Å². The maximum Gasteiger partial charge on any atom is 0.180 e. The first kappa shape index (κ1) is 19.7. The van der Waals surface area contributed by atoms with Crippen LogP contribution in [0.2, 0.25) is 0 Å². The Bertz CT molecular complexity index is 1820. The van der Waals surface area contributed by atoms with Gasteiger partial charge in [0.05, 0.1) is 0 Å². The lowest BCUT2D eigenvalue weighted by Gasteiger charge is -2.07. The first-order valence-electron chi connectivity index (χ1n) is 11.7. The topological polar surface area (TPSA) is 38.9 Å². The van der Waals surface area contributed by atoms with E-state index >= 15 is 0 Å². The highest BCUT2D eigenvalue weighted by Crippen LogP contribution is 2.37. The lowest BCUT2D eigenvalue weighted by atomic mass is 10.0. The number of nitrogens with zero attached hydrogens (tertiary/aromatic N) is 2. The standard InChI is InChI=1S/C32H20N2O/c1-3-9-21(10-4-1)22-15-17-24(18-16-22)32-33-29(23-11-5-2-6-12-23)31-30(34-32)27-19-25-13-7-8-14-26(25)20-28(27)35-31/h1-20H. The molecule has 7 aromatic rings. The summed E-state index contributed by atoms with van der Waals surface area (Å²) in [5.41, 5.74) is 7.50. The Hall–Kier alpha value is -4.76. The van der Waals surface area contributed by atoms with Gasteiger partial charge >= 0.3 is 0 Å². The zero-order valence-corrected chi connectivity index (χ0v) is 18.8. The van der Waals surface area contributed by atoms with Gasteiger partial charge in [0, 0.05) is 16.5 Å². The molecular formula is C32H20N2O. The van der Waals surface area contributed by atoms with Crippen LogP contribution < -0.4 is 0 Å². The summed E-state index contributed by atoms with van der Waals surface area (Å²) in [6, 6.07) is 41.6. The molecule has 2 aromatic heterocycles. The van der Waals surface area contributed by atoms with Crippen LogP contribution in [0.1, 0.15) is 0 Å². The quantitative estimate of drug-likeness (QED) is 0.272. The normalized spacial score (nSPS) is 11.4. The van der Waals surface area contributed by atoms with E-state index < -0.39 is 0 Å². The average molecular weight is 449 g/mol. The van der Waals surface area contributed by atoms with Gasteiger partial charge in [-0.3, -0.25) is 0 Å². The highest BCUT2D eigenvalue weighted by Gasteiger charge is 2.18. The van der Waals surface area contributed by atoms with Crippen LogP contribution in [0.4, 0.5) is 0 Å². The number of hydrogen-bond donors (Lipinski definition) is 0. The Morgan fingerprint density at radius 1 is 0.486 bits per heavy atom. The molecule has 3 nitrogen and oxygen atoms in total. The fraction of sp³-hybridized carbons (Fsp3) is 0. The van der Waals surface area contributed by atoms with E-state index in [1.807, 2.05) is 30.3 Å². The second kappa shape index (κ2) is 7.93. The number of fused-ring (bicyclic) bond motifs is 4. The maximum absolute atomic E-state index is 6.39. The van der Waals surface area contributed by atoms with E-state index in [2.05, 4.69) is 91.0 Å². The van der Waals surface area contributed by atoms with E-state index in [4.69, 9.17) is 14.4 Å². The third-order valence-corrected chi connectivity index (χ3v) is 6.48. The third kappa shape index (κ3) is 3.37. The second-order valence-corrected chi connectivity index (χ2v) is 8.68. The van der Waals surface area contributed by atoms with Gasteiger partial charge in [-0.05, 0) is 34.0 Å². The molecule has 0 aliphatic rings. The summed E-state index contributed by atoms with van der Waals surface area (Å²) >= 11 is 0. The molecule has 0 amide bonds. The Balaban J connectivity index is 1.47. The van der Waals surface area contributed by atoms with Gasteiger partial charge in [0.2, 0.25) is 0 Å². The van der Waals surface area contributed by atoms with Crippen molar-refractivity contribution in [3.63, 3.8) is 0 Å². The minimum atomic E-state index is 0.687. The molecule has 35 heavy (non-hydrogen) atoms. The molecule has 0 aliphatic heterocycles. The number of aromatic nitrogens is 2. The third-order valence-electron chi connectivity index (χ3n) is 6.48. The largest absolute Gasteiger partial charge is 0.452 e. The summed E-state index contributed by atoms with van der Waals surface area (Å²) in [6.45, 7) is 0. The summed E-state index contributed by atoms with van der Waals surface area (Å²) in [4.78, 5) is 10.0. The van der Waals surface area contributed by atoms with Gasteiger partial charge in [0.25, 0.3) is 0 Å². The van der Waals surface area contributed by atoms with Crippen LogP contribution in [0.3, 0.4) is 0 Å². The molecule has 0 fully saturated rings. The molecule has 164 valence electrons. The molecule has 0 bridgehead atoms. The van der Waals surface area contributed by atoms with Crippen molar-refractivity contribution >= 4 is 32.8 Å². The summed E-state index contributed by atoms with van der Waals surface area (Å²) in [5, 5.41) is 3.31. The molecule has 5 aromatic carbocycles. The summed E-state index contributed by atoms with van der Waals surface area (Å²) in [7, 11) is 0. The second-order valence-electron chi connectivity index (χ2n) is 8.68. The maximum atomic E-state index is 6.39. The van der Waals surface area contributed by atoms with Crippen molar-refractivity contribution in [1.29, 1.82) is 0 Å². The van der Waals surface area contributed by atoms with E-state index in [9.17, 15) is 0 Å². The van der Waals surface area contributed by atoms with Gasteiger partial charge in [-0.2, -0.15) is 0 Å². The Morgan fingerprint density at radius 2 is 1.06 bits per heavy atom. The molecule has 0 spiro atoms. The zero-order chi connectivity index (χ0) is 23.2. The lowest BCUT2D eigenvalue weighted by Crippen LogP contribution is -1.94. The summed E-state index contributed by atoms with van der Waals surface area (Å²) in [6.07, 6.45) is 0. The van der Waals surface area contributed by atoms with Crippen LogP contribution in [-0.4, -0.2) is 9.97 Å². The Labute approximate surface area is 202 Å². The van der Waals surface area contributed by atoms with Gasteiger partial charge in [-0.25, -0.2) is 9.97 Å². The van der Waals surface area contributed by atoms with Crippen molar-refractivity contribution in [3.05, 3.63) is 121 Å². The van der Waals surface area contributed by atoms with E-state index in [1.165, 1.54) is 11.1 Å². The predicted molar refractivity (Wildman–Crippen MR) is 143 cm³/mol. The molecule has 0 radical (unpaired) electrons. The fourth-order valence-electron chi connectivity index (χ4n) is 4.69. The molecule has 0 atom stereocenters. The lowest BCUT2D eigenvalue weighted by molar-refractivity contribution is 0.668. The molecule has 7 rings (SSSR count). The zero-order valence-electron chi connectivity index (χ0n) is 18.8. The van der Waals surface area contributed by atoms with Crippen LogP contribution in [0, 0.1) is 0 Å². The number of furan rings is 1. The van der Waals surface area contributed by atoms with Crippen LogP contribution in [-0.2, 0) is 0 Å². The van der Waals surface area contributed by atoms with Crippen LogP contribution in [0.15, 0.2) is 126 Å². The minimum absolute atomic E-state index is 0.687. The van der Waals surface area contributed by atoms with Crippen molar-refractivity contribution < 1.29 is 4.42 Å². The van der Waals surface area contributed by atoms with Crippen LogP contribution in [0.5, 0.6) is 0 Å². The predicted octanol–water partition coefficient (Wildman–Crippen LogP) is 8.53. The number of rotatable bonds is 3. The molecule has 0 N–H and O–H groups in total. The Morgan fingerprint density at radius 3 is 1.77 bits per heavy atom. The van der Waals surface area contributed by atoms with Crippen LogP contribution >= 0.6 is 0 Å². The monoisotopic (exact) mass is 448 g/mol. The van der Waals surface area contributed by atoms with E-state index in [1.54, 1.807) is 0 Å². The molecular weight excluding hydrogens is 428 g/mol. The SMILES string of the molecule is c1ccc(-c2ccc(-c3nc(-c4ccccc4)c4oc5cc6ccccc6cc5c4n3)cc2)cc1. The van der Waals surface area contributed by atoms with Gasteiger partial charge in [-0.15, -0.1) is 0 Å². The first-order valence-corrected chi connectivity index (χ1v) is 11.7. The molecule has 0 saturated heterocycles. The molecule has 3 heteroatoms. The number of hydrogen-bond acceptors (Lipinski definition) is 3. The highest BCUT2D eigenvalue weighted by molar-refractivity contribution is 6.11. The van der Waals surface area contributed by atoms with Crippen molar-refractivity contribution in [3.8, 4) is 33.8 Å². The van der Waals surface area contributed by atoms with E-state index in [0.717, 1.165) is 44.1 Å². The molecule has 0 saturated carbocycles. The van der Waals surface area contributed by atoms with Crippen molar-refractivity contribution in [1.82, 2.24) is 9.97 Å². The van der Waals surface area contributed by atoms with E-state index in [0.29, 0.717) is 11.4 Å². The number of benzene rings is 5. The van der Waals surface area contributed by atoms with Crippen molar-refractivity contribution in [2.45, 2.75) is 0 Å². The minimum Gasteiger partial charge on any atom is -0.452 e. The molecule has 0 unspecified atom stereocenters. The van der Waals surface area contributed by atoms with Crippen LogP contribution in [0.25, 0.3) is 66.6 Å². The van der Waals surface area contributed by atoms with Crippen molar-refractivity contribution in [2.24, 2.45) is 0 Å². The summed E-state index contributed by atoms with van der Waals surface area (Å²) in [5.74, 6) is 0.687. The summed E-state index contributed by atoms with van der Waals surface area (Å²) < 4.78 is 6.39. The van der Waals surface area contributed by atoms with Gasteiger partial charge in [-0.1, -0.05) is 109 Å². The smallest absolute Gasteiger partial charge is 0.180 e. The molecule has 0 aliphatic carbocycles.